The van der Waals surface area contributed by atoms with Crippen LogP contribution >= 0.6 is 0 Å². The van der Waals surface area contributed by atoms with Crippen LogP contribution in [0.2, 0.25) is 0 Å². The average molecular weight is 332 g/mol. The fourth-order valence-corrected chi connectivity index (χ4v) is 3.73. The van der Waals surface area contributed by atoms with Crippen molar-refractivity contribution in [2.75, 3.05) is 38.2 Å². The zero-order chi connectivity index (χ0) is 17.5. The largest absolute Gasteiger partial charge is 0.497 e. The van der Waals surface area contributed by atoms with Crippen molar-refractivity contribution in [2.45, 2.75) is 13.8 Å². The van der Waals surface area contributed by atoms with Gasteiger partial charge in [-0.3, -0.25) is 9.59 Å². The van der Waals surface area contributed by atoms with Gasteiger partial charge in [0.1, 0.15) is 5.75 Å². The average Bonchev–Trinajstić information content (AvgIpc) is 3.17. The van der Waals surface area contributed by atoms with Crippen molar-refractivity contribution >= 4 is 17.6 Å². The fraction of sp³-hybridized carbons (Fsp3) is 0.556. The lowest BCUT2D eigenvalue weighted by Crippen LogP contribution is -2.49. The van der Waals surface area contributed by atoms with Gasteiger partial charge in [-0.15, -0.1) is 0 Å². The van der Waals surface area contributed by atoms with E-state index < -0.39 is 17.3 Å². The lowest BCUT2D eigenvalue weighted by Gasteiger charge is -2.36. The first-order valence-electron chi connectivity index (χ1n) is 8.27. The number of nitrogens with zero attached hydrogens (tertiary/aromatic N) is 2. The van der Waals surface area contributed by atoms with E-state index in [-0.39, 0.29) is 11.8 Å². The van der Waals surface area contributed by atoms with Crippen LogP contribution in [0.4, 0.5) is 5.69 Å². The number of methoxy groups -OCH3 is 1. The number of carboxylic acid groups (broad SMARTS) is 1. The molecule has 1 saturated carbocycles. The molecular formula is C18H24N2O4. The number of rotatable bonds is 4. The topological polar surface area (TPSA) is 70.1 Å². The minimum atomic E-state index is -0.866. The van der Waals surface area contributed by atoms with Crippen molar-refractivity contribution in [2.24, 2.45) is 17.3 Å². The second kappa shape index (κ2) is 6.00. The van der Waals surface area contributed by atoms with Gasteiger partial charge in [-0.05, 0) is 29.7 Å². The minimum Gasteiger partial charge on any atom is -0.497 e. The third-order valence-electron chi connectivity index (χ3n) is 5.39. The molecule has 0 radical (unpaired) electrons. The van der Waals surface area contributed by atoms with Gasteiger partial charge >= 0.3 is 5.97 Å². The Labute approximate surface area is 142 Å². The number of aliphatic carboxylic acids is 1. The first-order chi connectivity index (χ1) is 11.4. The maximum Gasteiger partial charge on any atom is 0.307 e. The van der Waals surface area contributed by atoms with E-state index in [1.165, 1.54) is 0 Å². The van der Waals surface area contributed by atoms with Crippen LogP contribution in [-0.4, -0.2) is 55.2 Å². The molecule has 1 N–H and O–H groups in total. The number of hydrogen-bond donors (Lipinski definition) is 1. The lowest BCUT2D eigenvalue weighted by molar-refractivity contribution is -0.142. The van der Waals surface area contributed by atoms with E-state index in [4.69, 9.17) is 4.74 Å². The number of ether oxygens (including phenoxy) is 1. The van der Waals surface area contributed by atoms with Gasteiger partial charge in [0.15, 0.2) is 0 Å². The summed E-state index contributed by atoms with van der Waals surface area (Å²) in [7, 11) is 1.64. The van der Waals surface area contributed by atoms with Gasteiger partial charge in [0.25, 0.3) is 0 Å². The Bertz CT molecular complexity index is 633. The molecule has 0 bridgehead atoms. The molecule has 1 heterocycles. The van der Waals surface area contributed by atoms with E-state index in [0.29, 0.717) is 13.1 Å². The number of piperazine rings is 1. The number of amides is 1. The Morgan fingerprint density at radius 3 is 2.12 bits per heavy atom. The van der Waals surface area contributed by atoms with Crippen molar-refractivity contribution < 1.29 is 19.4 Å². The van der Waals surface area contributed by atoms with Crippen LogP contribution in [0.1, 0.15) is 13.8 Å². The minimum absolute atomic E-state index is 0.0122. The summed E-state index contributed by atoms with van der Waals surface area (Å²) in [6, 6.07) is 7.88. The summed E-state index contributed by atoms with van der Waals surface area (Å²) in [5.41, 5.74) is 0.675. The number of anilines is 1. The van der Waals surface area contributed by atoms with E-state index in [1.807, 2.05) is 43.0 Å². The molecule has 1 aliphatic heterocycles. The molecule has 1 aliphatic carbocycles. The smallest absolute Gasteiger partial charge is 0.307 e. The van der Waals surface area contributed by atoms with Crippen molar-refractivity contribution in [1.82, 2.24) is 4.90 Å². The second-order valence-corrected chi connectivity index (χ2v) is 7.13. The number of carbonyl (C=O) groups excluding carboxylic acids is 1. The van der Waals surface area contributed by atoms with Crippen LogP contribution in [0.25, 0.3) is 0 Å². The highest BCUT2D eigenvalue weighted by Crippen LogP contribution is 2.59. The van der Waals surface area contributed by atoms with Gasteiger partial charge < -0.3 is 19.6 Å². The van der Waals surface area contributed by atoms with E-state index >= 15 is 0 Å². The molecule has 1 amide bonds. The summed E-state index contributed by atoms with van der Waals surface area (Å²) in [5.74, 6) is -0.993. The third-order valence-corrected chi connectivity index (χ3v) is 5.39. The van der Waals surface area contributed by atoms with Gasteiger partial charge in [-0.1, -0.05) is 13.8 Å². The van der Waals surface area contributed by atoms with Crippen molar-refractivity contribution in [1.29, 1.82) is 0 Å². The number of carboxylic acids is 1. The van der Waals surface area contributed by atoms with E-state index in [1.54, 1.807) is 7.11 Å². The Morgan fingerprint density at radius 2 is 1.67 bits per heavy atom. The maximum absolute atomic E-state index is 12.6. The summed E-state index contributed by atoms with van der Waals surface area (Å²) in [6.45, 7) is 6.49. The summed E-state index contributed by atoms with van der Waals surface area (Å²) in [4.78, 5) is 28.0. The molecule has 1 aromatic rings. The van der Waals surface area contributed by atoms with E-state index in [0.717, 1.165) is 24.5 Å². The molecule has 1 aromatic carbocycles. The van der Waals surface area contributed by atoms with Gasteiger partial charge in [-0.2, -0.15) is 0 Å². The molecule has 130 valence electrons. The predicted octanol–water partition coefficient (Wildman–Crippen LogP) is 1.70. The van der Waals surface area contributed by atoms with Gasteiger partial charge in [0, 0.05) is 31.9 Å². The molecule has 6 heteroatoms. The Morgan fingerprint density at radius 1 is 1.08 bits per heavy atom. The summed E-state index contributed by atoms with van der Waals surface area (Å²) in [6.07, 6.45) is 0. The number of benzene rings is 1. The van der Waals surface area contributed by atoms with Crippen LogP contribution in [0.15, 0.2) is 24.3 Å². The summed E-state index contributed by atoms with van der Waals surface area (Å²) >= 11 is 0. The summed E-state index contributed by atoms with van der Waals surface area (Å²) < 4.78 is 5.17. The molecule has 2 atom stereocenters. The predicted molar refractivity (Wildman–Crippen MR) is 90.2 cm³/mol. The first kappa shape index (κ1) is 16.6. The van der Waals surface area contributed by atoms with Crippen LogP contribution in [-0.2, 0) is 9.59 Å². The molecular weight excluding hydrogens is 308 g/mol. The molecule has 6 nitrogen and oxygen atoms in total. The van der Waals surface area contributed by atoms with Crippen LogP contribution < -0.4 is 9.64 Å². The standard InChI is InChI=1S/C18H24N2O4/c1-18(2)14(15(18)17(22)23)16(21)20-10-8-19(9-11-20)12-4-6-13(24-3)7-5-12/h4-7,14-15H,8-11H2,1-3H3,(H,22,23). The van der Waals surface area contributed by atoms with Crippen molar-refractivity contribution in [3.8, 4) is 5.75 Å². The Kier molecular flexibility index (Phi) is 4.15. The van der Waals surface area contributed by atoms with Crippen molar-refractivity contribution in [3.63, 3.8) is 0 Å². The molecule has 2 aliphatic rings. The quantitative estimate of drug-likeness (QED) is 0.909. The SMILES string of the molecule is COc1ccc(N2CCN(C(=O)C3C(C(=O)O)C3(C)C)CC2)cc1. The highest BCUT2D eigenvalue weighted by Gasteiger charge is 2.66. The molecule has 1 saturated heterocycles. The van der Waals surface area contributed by atoms with Crippen LogP contribution in [0.3, 0.4) is 0 Å². The van der Waals surface area contributed by atoms with E-state index in [9.17, 15) is 14.7 Å². The zero-order valence-electron chi connectivity index (χ0n) is 14.4. The monoisotopic (exact) mass is 332 g/mol. The summed E-state index contributed by atoms with van der Waals surface area (Å²) in [5, 5.41) is 9.25. The van der Waals surface area contributed by atoms with Gasteiger partial charge in [-0.25, -0.2) is 0 Å². The zero-order valence-corrected chi connectivity index (χ0v) is 14.4. The lowest BCUT2D eigenvalue weighted by atomic mass is 10.1. The first-order valence-corrected chi connectivity index (χ1v) is 8.27. The Balaban J connectivity index is 1.59. The fourth-order valence-electron chi connectivity index (χ4n) is 3.73. The maximum atomic E-state index is 12.6. The Hall–Kier alpha value is -2.24. The van der Waals surface area contributed by atoms with Gasteiger partial charge in [0.05, 0.1) is 18.9 Å². The normalized spacial score (nSPS) is 25.3. The highest BCUT2D eigenvalue weighted by molar-refractivity contribution is 5.91. The third kappa shape index (κ3) is 2.81. The molecule has 2 unspecified atom stereocenters. The molecule has 3 rings (SSSR count). The van der Waals surface area contributed by atoms with Crippen LogP contribution in [0.5, 0.6) is 5.75 Å². The van der Waals surface area contributed by atoms with Gasteiger partial charge in [0.2, 0.25) is 5.91 Å². The van der Waals surface area contributed by atoms with E-state index in [2.05, 4.69) is 4.90 Å². The highest BCUT2D eigenvalue weighted by atomic mass is 16.5. The molecule has 24 heavy (non-hydrogen) atoms. The molecule has 0 spiro atoms. The number of carbonyl (C=O) groups is 2. The van der Waals surface area contributed by atoms with Crippen molar-refractivity contribution in [3.05, 3.63) is 24.3 Å². The number of hydrogen-bond acceptors (Lipinski definition) is 4. The molecule has 0 aromatic heterocycles. The van der Waals surface area contributed by atoms with Crippen LogP contribution in [0, 0.1) is 17.3 Å². The molecule has 2 fully saturated rings. The second-order valence-electron chi connectivity index (χ2n) is 7.13.